The highest BCUT2D eigenvalue weighted by molar-refractivity contribution is 5.45. The Hall–Kier alpha value is -1.22. The van der Waals surface area contributed by atoms with Crippen molar-refractivity contribution in [2.24, 2.45) is 5.92 Å². The number of aliphatic hydroxyl groups excluding tert-OH is 1. The number of methoxy groups -OCH3 is 1. The molecule has 2 aliphatic carbocycles. The van der Waals surface area contributed by atoms with E-state index >= 15 is 0 Å². The lowest BCUT2D eigenvalue weighted by molar-refractivity contribution is 0.200. The minimum Gasteiger partial charge on any atom is -0.493 e. The summed E-state index contributed by atoms with van der Waals surface area (Å²) >= 11 is 0. The fraction of sp³-hybridized carbons (Fsp3) is 0.647. The van der Waals surface area contributed by atoms with E-state index in [0.717, 1.165) is 30.8 Å². The largest absolute Gasteiger partial charge is 0.493 e. The summed E-state index contributed by atoms with van der Waals surface area (Å²) in [6, 6.07) is 6.32. The van der Waals surface area contributed by atoms with E-state index in [4.69, 9.17) is 14.6 Å². The van der Waals surface area contributed by atoms with E-state index in [1.165, 1.54) is 24.8 Å². The van der Waals surface area contributed by atoms with E-state index in [0.29, 0.717) is 24.5 Å². The van der Waals surface area contributed by atoms with Gasteiger partial charge in [-0.15, -0.1) is 0 Å². The number of hydrogen-bond acceptors (Lipinski definition) is 3. The molecular weight excluding hydrogens is 252 g/mol. The first-order valence-corrected chi connectivity index (χ1v) is 7.77. The molecule has 3 heteroatoms. The van der Waals surface area contributed by atoms with E-state index < -0.39 is 0 Å². The maximum absolute atomic E-state index is 9.02. The van der Waals surface area contributed by atoms with Crippen molar-refractivity contribution >= 4 is 0 Å². The molecule has 20 heavy (non-hydrogen) atoms. The smallest absolute Gasteiger partial charge is 0.161 e. The van der Waals surface area contributed by atoms with Crippen molar-refractivity contribution < 1.29 is 14.6 Å². The maximum atomic E-state index is 9.02. The lowest BCUT2D eigenvalue weighted by atomic mass is 10.1. The van der Waals surface area contributed by atoms with Gasteiger partial charge in [0, 0.05) is 6.61 Å². The molecule has 110 valence electrons. The zero-order chi connectivity index (χ0) is 13.9. The van der Waals surface area contributed by atoms with Crippen LogP contribution in [-0.4, -0.2) is 24.9 Å². The molecule has 1 aromatic carbocycles. The quantitative estimate of drug-likeness (QED) is 0.864. The first-order chi connectivity index (χ1) is 9.81. The van der Waals surface area contributed by atoms with Crippen molar-refractivity contribution in [3.63, 3.8) is 0 Å². The molecule has 0 unspecified atom stereocenters. The van der Waals surface area contributed by atoms with E-state index in [9.17, 15) is 0 Å². The van der Waals surface area contributed by atoms with Gasteiger partial charge in [0.25, 0.3) is 0 Å². The summed E-state index contributed by atoms with van der Waals surface area (Å²) in [5.41, 5.74) is 1.33. The third kappa shape index (κ3) is 2.93. The van der Waals surface area contributed by atoms with Gasteiger partial charge in [-0.2, -0.15) is 0 Å². The van der Waals surface area contributed by atoms with Crippen LogP contribution in [-0.2, 0) is 0 Å². The van der Waals surface area contributed by atoms with Gasteiger partial charge in [0.05, 0.1) is 13.2 Å². The van der Waals surface area contributed by atoms with Crippen LogP contribution in [0.25, 0.3) is 0 Å². The number of aliphatic hydroxyl groups is 1. The highest BCUT2D eigenvalue weighted by Crippen LogP contribution is 2.50. The lowest BCUT2D eigenvalue weighted by Gasteiger charge is -2.17. The van der Waals surface area contributed by atoms with Crippen molar-refractivity contribution in [2.75, 3.05) is 13.7 Å². The Bertz CT molecular complexity index is 452. The van der Waals surface area contributed by atoms with E-state index in [-0.39, 0.29) is 0 Å². The lowest BCUT2D eigenvalue weighted by Crippen LogP contribution is -2.11. The van der Waals surface area contributed by atoms with Gasteiger partial charge in [0.15, 0.2) is 11.5 Å². The second kappa shape index (κ2) is 6.04. The second-order valence-electron chi connectivity index (χ2n) is 6.05. The number of benzene rings is 1. The fourth-order valence-corrected chi connectivity index (χ4v) is 3.34. The van der Waals surface area contributed by atoms with E-state index in [1.54, 1.807) is 7.11 Å². The van der Waals surface area contributed by atoms with Crippen LogP contribution < -0.4 is 9.47 Å². The van der Waals surface area contributed by atoms with Gasteiger partial charge in [-0.05, 0) is 68.1 Å². The monoisotopic (exact) mass is 276 g/mol. The first-order valence-electron chi connectivity index (χ1n) is 7.77. The second-order valence-corrected chi connectivity index (χ2v) is 6.05. The SMILES string of the molecule is COc1ccc([C@@H]2C[C@H]2CCO)cc1OC1CCCC1. The molecule has 0 radical (unpaired) electrons. The minimum atomic E-state index is 0.294. The Morgan fingerprint density at radius 3 is 2.70 bits per heavy atom. The third-order valence-electron chi connectivity index (χ3n) is 4.63. The molecular formula is C17H24O3. The molecule has 0 saturated heterocycles. The highest BCUT2D eigenvalue weighted by atomic mass is 16.5. The Morgan fingerprint density at radius 2 is 2.00 bits per heavy atom. The molecule has 3 nitrogen and oxygen atoms in total. The van der Waals surface area contributed by atoms with Gasteiger partial charge in [-0.25, -0.2) is 0 Å². The van der Waals surface area contributed by atoms with Gasteiger partial charge in [0.2, 0.25) is 0 Å². The predicted molar refractivity (Wildman–Crippen MR) is 78.4 cm³/mol. The predicted octanol–water partition coefficient (Wildman–Crippen LogP) is 3.50. The molecule has 0 aliphatic heterocycles. The zero-order valence-corrected chi connectivity index (χ0v) is 12.2. The van der Waals surface area contributed by atoms with Gasteiger partial charge in [0.1, 0.15) is 0 Å². The van der Waals surface area contributed by atoms with Crippen LogP contribution in [0.5, 0.6) is 11.5 Å². The molecule has 0 amide bonds. The van der Waals surface area contributed by atoms with Crippen molar-refractivity contribution in [3.05, 3.63) is 23.8 Å². The van der Waals surface area contributed by atoms with Gasteiger partial charge in [-0.1, -0.05) is 6.07 Å². The van der Waals surface area contributed by atoms with Crippen molar-refractivity contribution in [2.45, 2.75) is 50.5 Å². The number of ether oxygens (including phenoxy) is 2. The highest BCUT2D eigenvalue weighted by Gasteiger charge is 2.37. The molecule has 0 heterocycles. The van der Waals surface area contributed by atoms with Crippen LogP contribution >= 0.6 is 0 Å². The summed E-state index contributed by atoms with van der Waals surface area (Å²) in [5.74, 6) is 2.97. The third-order valence-corrected chi connectivity index (χ3v) is 4.63. The number of hydrogen-bond donors (Lipinski definition) is 1. The summed E-state index contributed by atoms with van der Waals surface area (Å²) in [6.07, 6.45) is 7.31. The van der Waals surface area contributed by atoms with Crippen LogP contribution in [0.4, 0.5) is 0 Å². The molecule has 2 saturated carbocycles. The van der Waals surface area contributed by atoms with Crippen LogP contribution in [0.2, 0.25) is 0 Å². The Labute approximate surface area is 120 Å². The molecule has 0 bridgehead atoms. The Morgan fingerprint density at radius 1 is 1.20 bits per heavy atom. The summed E-state index contributed by atoms with van der Waals surface area (Å²) in [5, 5.41) is 9.02. The van der Waals surface area contributed by atoms with Crippen molar-refractivity contribution in [1.82, 2.24) is 0 Å². The molecule has 1 N–H and O–H groups in total. The molecule has 2 aliphatic rings. The van der Waals surface area contributed by atoms with Crippen LogP contribution in [0, 0.1) is 5.92 Å². The Kier molecular flexibility index (Phi) is 4.16. The fourth-order valence-electron chi connectivity index (χ4n) is 3.34. The maximum Gasteiger partial charge on any atom is 0.161 e. The molecule has 1 aromatic rings. The van der Waals surface area contributed by atoms with Crippen LogP contribution in [0.1, 0.15) is 50.0 Å². The van der Waals surface area contributed by atoms with E-state index in [1.807, 2.05) is 6.07 Å². The van der Waals surface area contributed by atoms with Gasteiger partial charge in [-0.3, -0.25) is 0 Å². The van der Waals surface area contributed by atoms with E-state index in [2.05, 4.69) is 12.1 Å². The minimum absolute atomic E-state index is 0.294. The summed E-state index contributed by atoms with van der Waals surface area (Å²) < 4.78 is 11.6. The van der Waals surface area contributed by atoms with Crippen LogP contribution in [0.3, 0.4) is 0 Å². The molecule has 3 rings (SSSR count). The Balaban J connectivity index is 1.73. The normalized spacial score (nSPS) is 25.7. The molecule has 2 atom stereocenters. The molecule has 2 fully saturated rings. The first kappa shape index (κ1) is 13.7. The van der Waals surface area contributed by atoms with Crippen molar-refractivity contribution in [3.8, 4) is 11.5 Å². The standard InChI is InChI=1S/C17H24O3/c1-19-16-7-6-12(15-10-13(15)8-9-18)11-17(16)20-14-4-2-3-5-14/h6-7,11,13-15,18H,2-5,8-10H2,1H3/t13-,15+/m1/s1. The summed E-state index contributed by atoms with van der Waals surface area (Å²) in [7, 11) is 1.70. The summed E-state index contributed by atoms with van der Waals surface area (Å²) in [4.78, 5) is 0. The molecule has 0 spiro atoms. The topological polar surface area (TPSA) is 38.7 Å². The summed E-state index contributed by atoms with van der Waals surface area (Å²) in [6.45, 7) is 0.294. The van der Waals surface area contributed by atoms with Gasteiger partial charge < -0.3 is 14.6 Å². The van der Waals surface area contributed by atoms with Crippen molar-refractivity contribution in [1.29, 1.82) is 0 Å². The number of rotatable bonds is 6. The van der Waals surface area contributed by atoms with Crippen LogP contribution in [0.15, 0.2) is 18.2 Å². The average Bonchev–Trinajstić information content (AvgIpc) is 3.04. The molecule has 0 aromatic heterocycles. The zero-order valence-electron chi connectivity index (χ0n) is 12.2. The average molecular weight is 276 g/mol. The van der Waals surface area contributed by atoms with Gasteiger partial charge >= 0.3 is 0 Å².